The zero-order chi connectivity index (χ0) is 16.7. The summed E-state index contributed by atoms with van der Waals surface area (Å²) in [5, 5.41) is 4.84. The maximum atomic E-state index is 12.8. The van der Waals surface area contributed by atoms with Gasteiger partial charge in [0.15, 0.2) is 5.82 Å². The number of nitrogens with zero attached hydrogens (tertiary/aromatic N) is 5. The molecule has 24 heavy (non-hydrogen) atoms. The number of aryl methyl sites for hydroxylation is 1. The topological polar surface area (TPSA) is 74.3 Å². The monoisotopic (exact) mass is 321 g/mol. The molecule has 0 aliphatic rings. The molecule has 0 aliphatic carbocycles. The van der Waals surface area contributed by atoms with Crippen LogP contribution in [-0.4, -0.2) is 31.3 Å². The molecule has 0 N–H and O–H groups in total. The number of benzene rings is 1. The quantitative estimate of drug-likeness (QED) is 0.576. The molecule has 0 bridgehead atoms. The van der Waals surface area contributed by atoms with Gasteiger partial charge in [-0.15, -0.1) is 5.10 Å². The second-order valence-electron chi connectivity index (χ2n) is 5.56. The molecule has 0 fully saturated rings. The summed E-state index contributed by atoms with van der Waals surface area (Å²) in [5.41, 5.74) is 2.48. The van der Waals surface area contributed by atoms with Crippen molar-refractivity contribution in [2.45, 2.75) is 13.5 Å². The van der Waals surface area contributed by atoms with Crippen LogP contribution in [0.3, 0.4) is 0 Å². The van der Waals surface area contributed by atoms with E-state index >= 15 is 0 Å². The van der Waals surface area contributed by atoms with E-state index in [2.05, 4.69) is 15.1 Å². The van der Waals surface area contributed by atoms with Crippen LogP contribution >= 0.6 is 0 Å². The van der Waals surface area contributed by atoms with Crippen LogP contribution in [0.25, 0.3) is 22.4 Å². The number of methoxy groups -OCH3 is 1. The van der Waals surface area contributed by atoms with Crippen LogP contribution in [0, 0.1) is 6.92 Å². The van der Waals surface area contributed by atoms with Crippen molar-refractivity contribution >= 4 is 16.7 Å². The molecule has 0 unspecified atom stereocenters. The molecule has 1 aromatic carbocycles. The summed E-state index contributed by atoms with van der Waals surface area (Å²) in [7, 11) is 1.58. The predicted octanol–water partition coefficient (Wildman–Crippen LogP) is 1.88. The van der Waals surface area contributed by atoms with E-state index in [0.29, 0.717) is 29.1 Å². The van der Waals surface area contributed by atoms with Crippen molar-refractivity contribution in [3.8, 4) is 5.69 Å². The molecule has 7 heteroatoms. The standard InChI is InChI=1S/C17H15N5O2/c1-11-3-5-12(6-4-11)21-8-7-14-13(16(21)23)9-18-17-19-15(10-24-2)20-22(14)17/h3-9H,10H2,1-2H3. The third-order valence-corrected chi connectivity index (χ3v) is 3.86. The Bertz CT molecular complexity index is 1100. The second kappa shape index (κ2) is 5.54. The summed E-state index contributed by atoms with van der Waals surface area (Å²) < 4.78 is 8.22. The molecule has 0 spiro atoms. The van der Waals surface area contributed by atoms with Gasteiger partial charge in [0.1, 0.15) is 6.61 Å². The predicted molar refractivity (Wildman–Crippen MR) is 89.3 cm³/mol. The van der Waals surface area contributed by atoms with Gasteiger partial charge < -0.3 is 4.74 Å². The van der Waals surface area contributed by atoms with Crippen LogP contribution in [-0.2, 0) is 11.3 Å². The molecular formula is C17H15N5O2. The lowest BCUT2D eigenvalue weighted by molar-refractivity contribution is 0.178. The molecule has 0 saturated carbocycles. The zero-order valence-electron chi connectivity index (χ0n) is 13.3. The van der Waals surface area contributed by atoms with Crippen LogP contribution in [0.15, 0.2) is 47.5 Å². The molecule has 0 radical (unpaired) electrons. The van der Waals surface area contributed by atoms with Gasteiger partial charge in [-0.2, -0.15) is 9.50 Å². The molecule has 0 aliphatic heterocycles. The lowest BCUT2D eigenvalue weighted by Crippen LogP contribution is -2.18. The molecule has 0 saturated heterocycles. The minimum atomic E-state index is -0.144. The van der Waals surface area contributed by atoms with E-state index in [9.17, 15) is 4.79 Å². The lowest BCUT2D eigenvalue weighted by atomic mass is 10.2. The average Bonchev–Trinajstić information content (AvgIpc) is 2.99. The van der Waals surface area contributed by atoms with E-state index in [-0.39, 0.29) is 5.56 Å². The first-order valence-corrected chi connectivity index (χ1v) is 7.49. The Kier molecular flexibility index (Phi) is 3.35. The second-order valence-corrected chi connectivity index (χ2v) is 5.56. The number of ether oxygens (including phenoxy) is 1. The highest BCUT2D eigenvalue weighted by Gasteiger charge is 2.11. The van der Waals surface area contributed by atoms with E-state index in [1.807, 2.05) is 37.3 Å². The Morgan fingerprint density at radius 2 is 1.96 bits per heavy atom. The van der Waals surface area contributed by atoms with Crippen LogP contribution < -0.4 is 5.56 Å². The molecule has 0 amide bonds. The first-order chi connectivity index (χ1) is 11.7. The van der Waals surface area contributed by atoms with E-state index in [1.165, 1.54) is 0 Å². The Hall–Kier alpha value is -3.06. The maximum absolute atomic E-state index is 12.8. The molecule has 3 heterocycles. The third kappa shape index (κ3) is 2.26. The van der Waals surface area contributed by atoms with Gasteiger partial charge in [-0.05, 0) is 25.1 Å². The molecule has 7 nitrogen and oxygen atoms in total. The fourth-order valence-electron chi connectivity index (χ4n) is 2.66. The summed E-state index contributed by atoms with van der Waals surface area (Å²) in [6.45, 7) is 2.31. The highest BCUT2D eigenvalue weighted by atomic mass is 16.5. The van der Waals surface area contributed by atoms with Crippen molar-refractivity contribution in [1.82, 2.24) is 24.1 Å². The van der Waals surface area contributed by atoms with Crippen LogP contribution in [0.2, 0.25) is 0 Å². The van der Waals surface area contributed by atoms with Crippen molar-refractivity contribution in [1.29, 1.82) is 0 Å². The number of hydrogen-bond donors (Lipinski definition) is 0. The minimum Gasteiger partial charge on any atom is -0.377 e. The third-order valence-electron chi connectivity index (χ3n) is 3.86. The summed E-state index contributed by atoms with van der Waals surface area (Å²) >= 11 is 0. The number of rotatable bonds is 3. The van der Waals surface area contributed by atoms with Crippen LogP contribution in [0.4, 0.5) is 0 Å². The van der Waals surface area contributed by atoms with Crippen molar-refractivity contribution in [2.24, 2.45) is 0 Å². The van der Waals surface area contributed by atoms with Gasteiger partial charge >= 0.3 is 0 Å². The SMILES string of the molecule is COCc1nc2ncc3c(=O)n(-c4ccc(C)cc4)ccc3n2n1. The van der Waals surface area contributed by atoms with Crippen molar-refractivity contribution in [3.63, 3.8) is 0 Å². The van der Waals surface area contributed by atoms with Gasteiger partial charge in [0.05, 0.1) is 10.9 Å². The highest BCUT2D eigenvalue weighted by molar-refractivity contribution is 5.78. The van der Waals surface area contributed by atoms with Gasteiger partial charge in [-0.1, -0.05) is 17.7 Å². The molecule has 4 aromatic rings. The van der Waals surface area contributed by atoms with E-state index in [4.69, 9.17) is 4.74 Å². The Labute approximate surface area is 137 Å². The lowest BCUT2D eigenvalue weighted by Gasteiger charge is -2.08. The number of aromatic nitrogens is 5. The van der Waals surface area contributed by atoms with E-state index < -0.39 is 0 Å². The first kappa shape index (κ1) is 14.5. The number of pyridine rings is 1. The van der Waals surface area contributed by atoms with Gasteiger partial charge in [0.2, 0.25) is 0 Å². The number of hydrogen-bond acceptors (Lipinski definition) is 5. The Balaban J connectivity index is 1.94. The summed E-state index contributed by atoms with van der Waals surface area (Å²) in [6, 6.07) is 9.63. The average molecular weight is 321 g/mol. The van der Waals surface area contributed by atoms with Gasteiger partial charge in [0.25, 0.3) is 11.3 Å². The summed E-state index contributed by atoms with van der Waals surface area (Å²) in [5.74, 6) is 0.974. The summed E-state index contributed by atoms with van der Waals surface area (Å²) in [6.07, 6.45) is 3.29. The van der Waals surface area contributed by atoms with E-state index in [0.717, 1.165) is 11.3 Å². The van der Waals surface area contributed by atoms with Gasteiger partial charge in [-0.25, -0.2) is 4.98 Å². The van der Waals surface area contributed by atoms with Crippen LogP contribution in [0.1, 0.15) is 11.4 Å². The maximum Gasteiger partial charge on any atom is 0.266 e. The molecular weight excluding hydrogens is 306 g/mol. The smallest absolute Gasteiger partial charge is 0.266 e. The molecule has 4 rings (SSSR count). The highest BCUT2D eigenvalue weighted by Crippen LogP contribution is 2.13. The molecule has 0 atom stereocenters. The van der Waals surface area contributed by atoms with Crippen molar-refractivity contribution < 1.29 is 4.74 Å². The molecule has 120 valence electrons. The minimum absolute atomic E-state index is 0.144. The van der Waals surface area contributed by atoms with Crippen molar-refractivity contribution in [2.75, 3.05) is 7.11 Å². The Morgan fingerprint density at radius 1 is 1.17 bits per heavy atom. The fraction of sp³-hybridized carbons (Fsp3) is 0.176. The van der Waals surface area contributed by atoms with Crippen LogP contribution in [0.5, 0.6) is 0 Å². The van der Waals surface area contributed by atoms with Gasteiger partial charge in [-0.3, -0.25) is 9.36 Å². The Morgan fingerprint density at radius 3 is 2.71 bits per heavy atom. The molecule has 3 aromatic heterocycles. The fourth-order valence-corrected chi connectivity index (χ4v) is 2.66. The largest absolute Gasteiger partial charge is 0.377 e. The number of fused-ring (bicyclic) bond motifs is 3. The van der Waals surface area contributed by atoms with Crippen molar-refractivity contribution in [3.05, 3.63) is 64.5 Å². The summed E-state index contributed by atoms with van der Waals surface area (Å²) in [4.78, 5) is 21.3. The van der Waals surface area contributed by atoms with Gasteiger partial charge in [0, 0.05) is 25.2 Å². The zero-order valence-corrected chi connectivity index (χ0v) is 13.3. The normalized spacial score (nSPS) is 11.4. The first-order valence-electron chi connectivity index (χ1n) is 7.49. The van der Waals surface area contributed by atoms with E-state index in [1.54, 1.807) is 28.6 Å².